The lowest BCUT2D eigenvalue weighted by atomic mass is 9.88. The largest absolute Gasteiger partial charge is 0.335 e. The first-order chi connectivity index (χ1) is 19.2. The highest BCUT2D eigenvalue weighted by atomic mass is 35.5. The minimum Gasteiger partial charge on any atom is -0.335 e. The maximum absolute atomic E-state index is 13.8. The molecule has 4 rings (SSSR count). The van der Waals surface area contributed by atoms with E-state index in [-0.39, 0.29) is 5.91 Å². The van der Waals surface area contributed by atoms with Gasteiger partial charge in [0.1, 0.15) is 0 Å². The summed E-state index contributed by atoms with van der Waals surface area (Å²) in [6, 6.07) is 12.8. The van der Waals surface area contributed by atoms with E-state index in [2.05, 4.69) is 25.3 Å². The predicted octanol–water partition coefficient (Wildman–Crippen LogP) is 8.58. The molecule has 0 saturated carbocycles. The SMILES string of the molecule is C=CCC(C)C(C)CCCCN1CCN(C(=O)c2nn(-c3ccc(Cl)cc3Cl)c(-c3ccc(Cl)cc3)c2C)CC1. The summed E-state index contributed by atoms with van der Waals surface area (Å²) in [5.74, 6) is 1.35. The molecule has 8 heteroatoms. The summed E-state index contributed by atoms with van der Waals surface area (Å²) in [7, 11) is 0. The molecule has 2 atom stereocenters. The maximum atomic E-state index is 13.8. The van der Waals surface area contributed by atoms with Crippen LogP contribution in [0.3, 0.4) is 0 Å². The summed E-state index contributed by atoms with van der Waals surface area (Å²) in [6.07, 6.45) is 6.79. The Labute approximate surface area is 253 Å². The van der Waals surface area contributed by atoms with Crippen molar-refractivity contribution in [3.63, 3.8) is 0 Å². The fourth-order valence-electron chi connectivity index (χ4n) is 5.38. The lowest BCUT2D eigenvalue weighted by Gasteiger charge is -2.34. The number of benzene rings is 2. The van der Waals surface area contributed by atoms with Gasteiger partial charge in [-0.2, -0.15) is 5.10 Å². The maximum Gasteiger partial charge on any atom is 0.274 e. The van der Waals surface area contributed by atoms with Gasteiger partial charge in [-0.1, -0.05) is 79.7 Å². The predicted molar refractivity (Wildman–Crippen MR) is 168 cm³/mol. The van der Waals surface area contributed by atoms with Crippen molar-refractivity contribution in [1.29, 1.82) is 0 Å². The second-order valence-corrected chi connectivity index (χ2v) is 12.2. The van der Waals surface area contributed by atoms with E-state index in [0.29, 0.717) is 45.5 Å². The van der Waals surface area contributed by atoms with Gasteiger partial charge in [0, 0.05) is 47.4 Å². The number of hydrogen-bond donors (Lipinski definition) is 0. The van der Waals surface area contributed by atoms with E-state index >= 15 is 0 Å². The van der Waals surface area contributed by atoms with Crippen LogP contribution in [0.25, 0.3) is 16.9 Å². The number of hydrogen-bond acceptors (Lipinski definition) is 3. The molecule has 2 heterocycles. The fourth-order valence-corrected chi connectivity index (χ4v) is 5.99. The van der Waals surface area contributed by atoms with Crippen LogP contribution in [0.5, 0.6) is 0 Å². The molecule has 0 bridgehead atoms. The Balaban J connectivity index is 1.45. The van der Waals surface area contributed by atoms with E-state index in [9.17, 15) is 4.79 Å². The van der Waals surface area contributed by atoms with Gasteiger partial charge in [-0.15, -0.1) is 6.58 Å². The molecule has 1 saturated heterocycles. The number of unbranched alkanes of at least 4 members (excludes halogenated alkanes) is 1. The normalized spacial score (nSPS) is 15.7. The van der Waals surface area contributed by atoms with Gasteiger partial charge in [0.25, 0.3) is 5.91 Å². The van der Waals surface area contributed by atoms with Gasteiger partial charge in [0.15, 0.2) is 5.69 Å². The molecule has 2 unspecified atom stereocenters. The molecule has 0 spiro atoms. The van der Waals surface area contributed by atoms with Crippen molar-refractivity contribution in [2.24, 2.45) is 11.8 Å². The molecule has 0 aliphatic carbocycles. The highest BCUT2D eigenvalue weighted by Gasteiger charge is 2.28. The topological polar surface area (TPSA) is 41.4 Å². The summed E-state index contributed by atoms with van der Waals surface area (Å²) >= 11 is 18.9. The van der Waals surface area contributed by atoms with E-state index in [0.717, 1.165) is 48.8 Å². The minimum atomic E-state index is -0.0544. The molecule has 1 fully saturated rings. The summed E-state index contributed by atoms with van der Waals surface area (Å²) in [5, 5.41) is 6.45. The van der Waals surface area contributed by atoms with Crippen LogP contribution >= 0.6 is 34.8 Å². The van der Waals surface area contributed by atoms with Crippen LogP contribution in [0.4, 0.5) is 0 Å². The molecule has 0 radical (unpaired) electrons. The van der Waals surface area contributed by atoms with Crippen molar-refractivity contribution in [2.75, 3.05) is 32.7 Å². The zero-order valence-electron chi connectivity index (χ0n) is 23.7. The number of amides is 1. The van der Waals surface area contributed by atoms with E-state index in [1.807, 2.05) is 48.2 Å². The van der Waals surface area contributed by atoms with Crippen molar-refractivity contribution in [3.05, 3.63) is 81.4 Å². The lowest BCUT2D eigenvalue weighted by molar-refractivity contribution is 0.0627. The third-order valence-electron chi connectivity index (χ3n) is 8.13. The van der Waals surface area contributed by atoms with Crippen molar-refractivity contribution in [1.82, 2.24) is 19.6 Å². The van der Waals surface area contributed by atoms with Crippen LogP contribution in [-0.4, -0.2) is 58.2 Å². The Kier molecular flexibility index (Phi) is 10.8. The number of carbonyl (C=O) groups is 1. The van der Waals surface area contributed by atoms with Crippen molar-refractivity contribution in [3.8, 4) is 16.9 Å². The number of carbonyl (C=O) groups excluding carboxylic acids is 1. The molecule has 40 heavy (non-hydrogen) atoms. The molecule has 214 valence electrons. The Morgan fingerprint density at radius 2 is 1.65 bits per heavy atom. The monoisotopic (exact) mass is 600 g/mol. The Morgan fingerprint density at radius 1 is 0.975 bits per heavy atom. The number of halogens is 3. The average Bonchev–Trinajstić information content (AvgIpc) is 3.28. The minimum absolute atomic E-state index is 0.0544. The van der Waals surface area contributed by atoms with Crippen molar-refractivity contribution < 1.29 is 4.79 Å². The smallest absolute Gasteiger partial charge is 0.274 e. The van der Waals surface area contributed by atoms with E-state index < -0.39 is 0 Å². The molecule has 5 nitrogen and oxygen atoms in total. The van der Waals surface area contributed by atoms with Gasteiger partial charge in [0.2, 0.25) is 0 Å². The van der Waals surface area contributed by atoms with Crippen LogP contribution in [0.1, 0.15) is 55.6 Å². The van der Waals surface area contributed by atoms with Gasteiger partial charge >= 0.3 is 0 Å². The highest BCUT2D eigenvalue weighted by molar-refractivity contribution is 6.35. The number of allylic oxidation sites excluding steroid dienone is 1. The number of piperazine rings is 1. The Hall–Kier alpha value is -2.31. The van der Waals surface area contributed by atoms with Crippen molar-refractivity contribution >= 4 is 40.7 Å². The number of nitrogens with zero attached hydrogens (tertiary/aromatic N) is 4. The molecule has 1 aliphatic rings. The molecule has 3 aromatic rings. The molecular formula is C32H39Cl3N4O. The van der Waals surface area contributed by atoms with E-state index in [1.165, 1.54) is 19.3 Å². The van der Waals surface area contributed by atoms with Gasteiger partial charge in [0.05, 0.1) is 16.4 Å². The zero-order chi connectivity index (χ0) is 28.8. The van der Waals surface area contributed by atoms with Crippen LogP contribution in [-0.2, 0) is 0 Å². The van der Waals surface area contributed by atoms with E-state index in [1.54, 1.807) is 16.8 Å². The third-order valence-corrected chi connectivity index (χ3v) is 8.92. The summed E-state index contributed by atoms with van der Waals surface area (Å²) in [5.41, 5.74) is 3.61. The van der Waals surface area contributed by atoms with Gasteiger partial charge < -0.3 is 4.90 Å². The first-order valence-electron chi connectivity index (χ1n) is 14.1. The second kappa shape index (κ2) is 14.0. The van der Waals surface area contributed by atoms with Gasteiger partial charge in [-0.25, -0.2) is 4.68 Å². The third kappa shape index (κ3) is 7.30. The van der Waals surface area contributed by atoms with Gasteiger partial charge in [-0.05, 0) is 68.5 Å². The molecular weight excluding hydrogens is 563 g/mol. The average molecular weight is 602 g/mol. The summed E-state index contributed by atoms with van der Waals surface area (Å²) < 4.78 is 1.75. The number of aromatic nitrogens is 2. The standard InChI is InChI=1S/C32H39Cl3N4O/c1-5-8-22(2)23(3)9-6-7-16-37-17-19-38(20-18-37)32(40)30-24(4)31(25-10-12-26(33)13-11-25)39(36-30)29-15-14-27(34)21-28(29)35/h5,10-15,21-23H,1,6-9,16-20H2,2-4H3. The molecule has 1 aromatic heterocycles. The highest BCUT2D eigenvalue weighted by Crippen LogP contribution is 2.33. The van der Waals surface area contributed by atoms with Crippen LogP contribution in [0.15, 0.2) is 55.1 Å². The van der Waals surface area contributed by atoms with Crippen LogP contribution in [0.2, 0.25) is 15.1 Å². The van der Waals surface area contributed by atoms with E-state index in [4.69, 9.17) is 39.9 Å². The Bertz CT molecular complexity index is 1310. The second-order valence-electron chi connectivity index (χ2n) is 10.9. The summed E-state index contributed by atoms with van der Waals surface area (Å²) in [4.78, 5) is 18.1. The van der Waals surface area contributed by atoms with Gasteiger partial charge in [-0.3, -0.25) is 9.69 Å². The van der Waals surface area contributed by atoms with Crippen LogP contribution < -0.4 is 0 Å². The van der Waals surface area contributed by atoms with Crippen LogP contribution in [0, 0.1) is 18.8 Å². The summed E-state index contributed by atoms with van der Waals surface area (Å²) in [6.45, 7) is 14.7. The fraction of sp³-hybridized carbons (Fsp3) is 0.438. The lowest BCUT2D eigenvalue weighted by Crippen LogP contribution is -2.49. The van der Waals surface area contributed by atoms with Crippen molar-refractivity contribution in [2.45, 2.75) is 46.5 Å². The molecule has 0 N–H and O–H groups in total. The molecule has 1 aliphatic heterocycles. The molecule has 2 aromatic carbocycles. The first-order valence-corrected chi connectivity index (χ1v) is 15.3. The zero-order valence-corrected chi connectivity index (χ0v) is 25.9. The first kappa shape index (κ1) is 30.6. The Morgan fingerprint density at radius 3 is 2.30 bits per heavy atom. The quantitative estimate of drug-likeness (QED) is 0.163. The molecule has 1 amide bonds. The number of rotatable bonds is 11.